The fourth-order valence-electron chi connectivity index (χ4n) is 2.95. The minimum Gasteiger partial charge on any atom is -0.477 e. The molecule has 0 fully saturated rings. The van der Waals surface area contributed by atoms with Crippen LogP contribution in [0.25, 0.3) is 21.8 Å². The summed E-state index contributed by atoms with van der Waals surface area (Å²) in [6, 6.07) is 21.0. The van der Waals surface area contributed by atoms with E-state index in [-0.39, 0.29) is 5.91 Å². The van der Waals surface area contributed by atoms with Gasteiger partial charge in [-0.3, -0.25) is 4.79 Å². The largest absolute Gasteiger partial charge is 0.477 e. The van der Waals surface area contributed by atoms with Gasteiger partial charge in [0.1, 0.15) is 9.88 Å². The van der Waals surface area contributed by atoms with E-state index in [0.29, 0.717) is 34.4 Å². The summed E-state index contributed by atoms with van der Waals surface area (Å²) in [6.07, 6.45) is 0. The van der Waals surface area contributed by atoms with Crippen molar-refractivity contribution in [2.75, 3.05) is 11.9 Å². The Morgan fingerprint density at radius 3 is 2.53 bits per heavy atom. The van der Waals surface area contributed by atoms with E-state index in [1.165, 1.54) is 11.3 Å². The molecule has 0 atom stereocenters. The molecule has 2 aromatic carbocycles. The highest BCUT2D eigenvalue weighted by Crippen LogP contribution is 2.29. The first kappa shape index (κ1) is 19.7. The monoisotopic (exact) mass is 416 g/mol. The number of thiazole rings is 1. The highest BCUT2D eigenvalue weighted by molar-refractivity contribution is 7.17. The molecule has 2 heterocycles. The lowest BCUT2D eigenvalue weighted by molar-refractivity contribution is 0.103. The predicted molar refractivity (Wildman–Crippen MR) is 119 cm³/mol. The van der Waals surface area contributed by atoms with E-state index in [4.69, 9.17) is 4.74 Å². The summed E-state index contributed by atoms with van der Waals surface area (Å²) in [7, 11) is 0. The van der Waals surface area contributed by atoms with Crippen molar-refractivity contribution in [2.24, 2.45) is 0 Å². The van der Waals surface area contributed by atoms with Gasteiger partial charge in [0.2, 0.25) is 5.88 Å². The van der Waals surface area contributed by atoms with Crippen molar-refractivity contribution in [3.8, 4) is 27.7 Å². The zero-order valence-corrected chi connectivity index (χ0v) is 17.4. The van der Waals surface area contributed by atoms with Crippen LogP contribution >= 0.6 is 11.3 Å². The molecule has 0 spiro atoms. The van der Waals surface area contributed by atoms with Crippen LogP contribution in [0.4, 0.5) is 5.69 Å². The maximum Gasteiger partial charge on any atom is 0.267 e. The van der Waals surface area contributed by atoms with Gasteiger partial charge in [0.25, 0.3) is 5.91 Å². The number of carbonyl (C=O) groups excluding carboxylic acids is 1. The molecule has 6 nitrogen and oxygen atoms in total. The van der Waals surface area contributed by atoms with E-state index in [9.17, 15) is 4.79 Å². The molecule has 150 valence electrons. The van der Waals surface area contributed by atoms with Crippen LogP contribution in [0.15, 0.2) is 66.7 Å². The van der Waals surface area contributed by atoms with Gasteiger partial charge < -0.3 is 10.1 Å². The molecule has 2 aromatic heterocycles. The average Bonchev–Trinajstić information content (AvgIpc) is 3.17. The number of aromatic nitrogens is 3. The van der Waals surface area contributed by atoms with Crippen LogP contribution in [0, 0.1) is 6.92 Å². The maximum absolute atomic E-state index is 12.9. The van der Waals surface area contributed by atoms with Crippen molar-refractivity contribution < 1.29 is 9.53 Å². The fraction of sp³-hybridized carbons (Fsp3) is 0.130. The Morgan fingerprint density at radius 1 is 1.00 bits per heavy atom. The Kier molecular flexibility index (Phi) is 5.81. The Morgan fingerprint density at radius 2 is 1.80 bits per heavy atom. The fourth-order valence-corrected chi connectivity index (χ4v) is 3.92. The van der Waals surface area contributed by atoms with Gasteiger partial charge in [0.05, 0.1) is 18.0 Å². The number of nitrogens with one attached hydrogen (secondary N) is 1. The second-order valence-electron chi connectivity index (χ2n) is 6.52. The van der Waals surface area contributed by atoms with Crippen molar-refractivity contribution in [3.05, 3.63) is 77.3 Å². The third-order valence-corrected chi connectivity index (χ3v) is 5.58. The third kappa shape index (κ3) is 4.36. The summed E-state index contributed by atoms with van der Waals surface area (Å²) in [5, 5.41) is 12.1. The molecule has 0 saturated heterocycles. The molecule has 0 bridgehead atoms. The SMILES string of the molecule is CCOc1ccc(-c2cccc(NC(=O)c3sc(-c4ccccc4)nc3C)c2)nn1. The summed E-state index contributed by atoms with van der Waals surface area (Å²) in [6.45, 7) is 4.29. The van der Waals surface area contributed by atoms with E-state index in [2.05, 4.69) is 20.5 Å². The summed E-state index contributed by atoms with van der Waals surface area (Å²) >= 11 is 1.39. The van der Waals surface area contributed by atoms with Crippen molar-refractivity contribution in [1.29, 1.82) is 0 Å². The number of carbonyl (C=O) groups is 1. The number of benzene rings is 2. The van der Waals surface area contributed by atoms with Crippen molar-refractivity contribution in [2.45, 2.75) is 13.8 Å². The molecule has 1 amide bonds. The van der Waals surface area contributed by atoms with Gasteiger partial charge in [-0.05, 0) is 32.0 Å². The third-order valence-electron chi connectivity index (χ3n) is 4.37. The number of hydrogen-bond donors (Lipinski definition) is 1. The molecule has 0 aliphatic carbocycles. The van der Waals surface area contributed by atoms with Gasteiger partial charge in [-0.15, -0.1) is 21.5 Å². The molecular formula is C23H20N4O2S. The number of amides is 1. The molecule has 4 rings (SSSR count). The first-order valence-electron chi connectivity index (χ1n) is 9.55. The van der Waals surface area contributed by atoms with Crippen LogP contribution < -0.4 is 10.1 Å². The zero-order valence-electron chi connectivity index (χ0n) is 16.6. The second-order valence-corrected chi connectivity index (χ2v) is 7.52. The van der Waals surface area contributed by atoms with Crippen LogP contribution in [0.1, 0.15) is 22.3 Å². The molecule has 7 heteroatoms. The second kappa shape index (κ2) is 8.84. The lowest BCUT2D eigenvalue weighted by atomic mass is 10.1. The van der Waals surface area contributed by atoms with Gasteiger partial charge in [0.15, 0.2) is 0 Å². The Bertz CT molecular complexity index is 1160. The van der Waals surface area contributed by atoms with Crippen LogP contribution in [-0.4, -0.2) is 27.7 Å². The number of ether oxygens (including phenoxy) is 1. The van der Waals surface area contributed by atoms with E-state index in [1.54, 1.807) is 6.07 Å². The minimum absolute atomic E-state index is 0.179. The molecule has 0 saturated carbocycles. The summed E-state index contributed by atoms with van der Waals surface area (Å²) < 4.78 is 5.33. The molecule has 0 aliphatic heterocycles. The Balaban J connectivity index is 1.53. The van der Waals surface area contributed by atoms with Gasteiger partial charge in [-0.25, -0.2) is 4.98 Å². The van der Waals surface area contributed by atoms with E-state index in [0.717, 1.165) is 16.1 Å². The molecule has 1 N–H and O–H groups in total. The molecule has 0 unspecified atom stereocenters. The normalized spacial score (nSPS) is 10.6. The van der Waals surface area contributed by atoms with Crippen LogP contribution in [-0.2, 0) is 0 Å². The highest BCUT2D eigenvalue weighted by Gasteiger charge is 2.16. The lowest BCUT2D eigenvalue weighted by Crippen LogP contribution is -2.11. The lowest BCUT2D eigenvalue weighted by Gasteiger charge is -2.07. The van der Waals surface area contributed by atoms with Gasteiger partial charge in [-0.2, -0.15) is 0 Å². The number of rotatable bonds is 6. The van der Waals surface area contributed by atoms with Crippen molar-refractivity contribution >= 4 is 22.9 Å². The summed E-state index contributed by atoms with van der Waals surface area (Å²) in [5.41, 5.74) is 3.96. The van der Waals surface area contributed by atoms with E-state index >= 15 is 0 Å². The van der Waals surface area contributed by atoms with Crippen LogP contribution in [0.2, 0.25) is 0 Å². The van der Waals surface area contributed by atoms with E-state index < -0.39 is 0 Å². The Hall–Kier alpha value is -3.58. The van der Waals surface area contributed by atoms with Gasteiger partial charge >= 0.3 is 0 Å². The number of nitrogens with zero attached hydrogens (tertiary/aromatic N) is 3. The molecule has 0 radical (unpaired) electrons. The maximum atomic E-state index is 12.9. The average molecular weight is 417 g/mol. The zero-order chi connectivity index (χ0) is 20.9. The van der Waals surface area contributed by atoms with Crippen molar-refractivity contribution in [3.63, 3.8) is 0 Å². The van der Waals surface area contributed by atoms with Gasteiger partial charge in [0, 0.05) is 22.9 Å². The van der Waals surface area contributed by atoms with Crippen molar-refractivity contribution in [1.82, 2.24) is 15.2 Å². The Labute approximate surface area is 178 Å². The number of hydrogen-bond acceptors (Lipinski definition) is 6. The number of anilines is 1. The standard InChI is InChI=1S/C23H20N4O2S/c1-3-29-20-13-12-19(26-27-20)17-10-7-11-18(14-17)25-22(28)21-15(2)24-23(30-21)16-8-5-4-6-9-16/h4-14H,3H2,1-2H3,(H,25,28). The molecular weight excluding hydrogens is 396 g/mol. The summed E-state index contributed by atoms with van der Waals surface area (Å²) in [4.78, 5) is 18.0. The topological polar surface area (TPSA) is 77.0 Å². The summed E-state index contributed by atoms with van der Waals surface area (Å²) in [5.74, 6) is 0.308. The number of aryl methyl sites for hydroxylation is 1. The van der Waals surface area contributed by atoms with E-state index in [1.807, 2.05) is 74.5 Å². The first-order valence-corrected chi connectivity index (χ1v) is 10.4. The molecule has 30 heavy (non-hydrogen) atoms. The smallest absolute Gasteiger partial charge is 0.267 e. The van der Waals surface area contributed by atoms with Crippen LogP contribution in [0.3, 0.4) is 0 Å². The molecule has 0 aliphatic rings. The van der Waals surface area contributed by atoms with Gasteiger partial charge in [-0.1, -0.05) is 42.5 Å². The highest BCUT2D eigenvalue weighted by atomic mass is 32.1. The first-order chi connectivity index (χ1) is 14.6. The van der Waals surface area contributed by atoms with Crippen LogP contribution in [0.5, 0.6) is 5.88 Å². The quantitative estimate of drug-likeness (QED) is 0.466. The minimum atomic E-state index is -0.179. The molecule has 4 aromatic rings. The predicted octanol–water partition coefficient (Wildman–Crippen LogP) is 5.23.